The summed E-state index contributed by atoms with van der Waals surface area (Å²) >= 11 is 0. The molecule has 1 heterocycles. The minimum atomic E-state index is -1.02. The van der Waals surface area contributed by atoms with Crippen molar-refractivity contribution >= 4 is 23.6 Å². The second kappa shape index (κ2) is 16.2. The molecule has 2 amide bonds. The monoisotopic (exact) mass is 587 g/mol. The van der Waals surface area contributed by atoms with Gasteiger partial charge in [0.25, 0.3) is 0 Å². The van der Waals surface area contributed by atoms with Gasteiger partial charge >= 0.3 is 6.09 Å². The second-order valence-corrected chi connectivity index (χ2v) is 10.9. The van der Waals surface area contributed by atoms with Gasteiger partial charge in [0.05, 0.1) is 23.9 Å². The molecule has 2 aliphatic rings. The molecule has 0 spiro atoms. The summed E-state index contributed by atoms with van der Waals surface area (Å²) in [6, 6.07) is -1.02. The number of carbonyl (C=O) groups excluding carboxylic acids is 4. The number of primary amides is 1. The Morgan fingerprint density at radius 2 is 1.88 bits per heavy atom. The molecule has 5 N–H and O–H groups in total. The molecule has 1 unspecified atom stereocenters. The Bertz CT molecular complexity index is 1150. The molecule has 0 aromatic heterocycles. The van der Waals surface area contributed by atoms with E-state index >= 15 is 0 Å². The molecule has 0 radical (unpaired) electrons. The molecular formula is C31H45N3O8. The summed E-state index contributed by atoms with van der Waals surface area (Å²) < 4.78 is 16.6. The van der Waals surface area contributed by atoms with Gasteiger partial charge in [0.1, 0.15) is 6.10 Å². The lowest BCUT2D eigenvalue weighted by Crippen LogP contribution is -2.48. The summed E-state index contributed by atoms with van der Waals surface area (Å²) in [5.74, 6) is -1.74. The fraction of sp³-hybridized carbons (Fsp3) is 0.548. The number of Topliss-reactive ketones (excluding diaryl/α,β-unsaturated/α-hetero) is 2. The third-order valence-electron chi connectivity index (χ3n) is 7.52. The molecule has 0 saturated heterocycles. The van der Waals surface area contributed by atoms with Gasteiger partial charge in [-0.3, -0.25) is 14.4 Å². The van der Waals surface area contributed by atoms with Crippen LogP contribution in [0.4, 0.5) is 4.79 Å². The van der Waals surface area contributed by atoms with Gasteiger partial charge in [-0.05, 0) is 38.2 Å². The lowest BCUT2D eigenvalue weighted by atomic mass is 9.82. The van der Waals surface area contributed by atoms with Crippen molar-refractivity contribution in [3.05, 3.63) is 59.4 Å². The van der Waals surface area contributed by atoms with Crippen LogP contribution in [0.5, 0.6) is 0 Å². The topological polar surface area (TPSA) is 166 Å². The van der Waals surface area contributed by atoms with Crippen LogP contribution in [0.25, 0.3) is 0 Å². The van der Waals surface area contributed by atoms with E-state index in [4.69, 9.17) is 19.9 Å². The SMILES string of the molecule is C=CCNC1=C2C[C@@H](C)C[C@H](OC)[C@H](O)[C@@H](C)/C=C(\C)[C@H](OC(N)=O)[C@@H](OC)/C=C\C=C(/C)C(=O)NC(CC1=O)C2=O. The van der Waals surface area contributed by atoms with Crippen LogP contribution in [-0.2, 0) is 28.6 Å². The van der Waals surface area contributed by atoms with Crippen LogP contribution in [0.1, 0.15) is 47.0 Å². The number of hydrogen-bond acceptors (Lipinski definition) is 9. The van der Waals surface area contributed by atoms with Crippen LogP contribution in [0.3, 0.4) is 0 Å². The van der Waals surface area contributed by atoms with Gasteiger partial charge in [-0.15, -0.1) is 6.58 Å². The average molecular weight is 588 g/mol. The van der Waals surface area contributed by atoms with Gasteiger partial charge in [0.2, 0.25) is 5.91 Å². The first-order valence-corrected chi connectivity index (χ1v) is 14.0. The van der Waals surface area contributed by atoms with Crippen LogP contribution in [0.15, 0.2) is 59.4 Å². The standard InChI is InChI=1S/C31H45N3O8/c1-8-12-33-26-21-13-17(2)14-25(41-7)27(36)19(4)15-20(5)29(42-31(32)39)24(40-6)11-9-10-18(3)30(38)34-22(28(21)37)16-23(26)35/h8-11,15,17,19,22,24-25,27,29,33,36H,1,12-14,16H2,2-7H3,(H2,32,39)(H,34,38)/b11-9-,18-10+,20-15+/t17-,19+,22?,24+,25+,27-,29+/m1/s1. The number of rotatable bonds is 6. The summed E-state index contributed by atoms with van der Waals surface area (Å²) in [6.07, 6.45) is 4.26. The number of aliphatic hydroxyl groups is 1. The zero-order valence-corrected chi connectivity index (χ0v) is 25.3. The Hall–Kier alpha value is -3.54. The minimum Gasteiger partial charge on any atom is -0.439 e. The predicted molar refractivity (Wildman–Crippen MR) is 158 cm³/mol. The maximum atomic E-state index is 13.6. The van der Waals surface area contributed by atoms with Crippen molar-refractivity contribution in [3.8, 4) is 0 Å². The molecule has 1 aliphatic carbocycles. The Morgan fingerprint density at radius 1 is 1.19 bits per heavy atom. The van der Waals surface area contributed by atoms with E-state index in [1.807, 2.05) is 13.8 Å². The molecule has 0 aromatic carbocycles. The highest BCUT2D eigenvalue weighted by Crippen LogP contribution is 2.29. The molecule has 0 aromatic rings. The first kappa shape index (κ1) is 34.7. The van der Waals surface area contributed by atoms with E-state index in [0.717, 1.165) is 0 Å². The normalized spacial score (nSPS) is 33.5. The largest absolute Gasteiger partial charge is 0.439 e. The highest BCUT2D eigenvalue weighted by Gasteiger charge is 2.37. The second-order valence-electron chi connectivity index (χ2n) is 10.9. The number of amides is 2. The summed E-state index contributed by atoms with van der Waals surface area (Å²) in [5, 5.41) is 16.9. The third kappa shape index (κ3) is 9.23. The fourth-order valence-corrected chi connectivity index (χ4v) is 5.24. The number of fused-ring (bicyclic) bond motifs is 2. The quantitative estimate of drug-likeness (QED) is 0.341. The first-order chi connectivity index (χ1) is 19.8. The maximum absolute atomic E-state index is 13.6. The van der Waals surface area contributed by atoms with Crippen molar-refractivity contribution in [2.24, 2.45) is 17.6 Å². The summed E-state index contributed by atoms with van der Waals surface area (Å²) in [7, 11) is 2.94. The van der Waals surface area contributed by atoms with Gasteiger partial charge < -0.3 is 35.7 Å². The number of nitrogens with one attached hydrogen (secondary N) is 2. The number of carbonyl (C=O) groups is 4. The number of ether oxygens (including phenoxy) is 3. The number of aliphatic hydroxyl groups excluding tert-OH is 1. The lowest BCUT2D eigenvalue weighted by molar-refractivity contribution is -0.128. The highest BCUT2D eigenvalue weighted by molar-refractivity contribution is 6.15. The molecule has 232 valence electrons. The third-order valence-corrected chi connectivity index (χ3v) is 7.52. The average Bonchev–Trinajstić information content (AvgIpc) is 2.94. The Balaban J connectivity index is 2.61. The summed E-state index contributed by atoms with van der Waals surface area (Å²) in [6.45, 7) is 11.0. The number of ketones is 2. The van der Waals surface area contributed by atoms with E-state index in [0.29, 0.717) is 24.1 Å². The van der Waals surface area contributed by atoms with Crippen LogP contribution < -0.4 is 16.4 Å². The smallest absolute Gasteiger partial charge is 0.405 e. The van der Waals surface area contributed by atoms with Gasteiger partial charge in [0, 0.05) is 44.2 Å². The molecule has 7 atom stereocenters. The molecule has 42 heavy (non-hydrogen) atoms. The number of allylic oxidation sites excluding steroid dienone is 3. The maximum Gasteiger partial charge on any atom is 0.405 e. The van der Waals surface area contributed by atoms with Crippen molar-refractivity contribution in [2.75, 3.05) is 20.8 Å². The molecule has 2 rings (SSSR count). The van der Waals surface area contributed by atoms with Crippen LogP contribution in [-0.4, -0.2) is 79.9 Å². The molecular weight excluding hydrogens is 542 g/mol. The van der Waals surface area contributed by atoms with Crippen LogP contribution >= 0.6 is 0 Å². The van der Waals surface area contributed by atoms with Crippen molar-refractivity contribution in [2.45, 2.75) is 77.4 Å². The van der Waals surface area contributed by atoms with Crippen molar-refractivity contribution in [1.82, 2.24) is 10.6 Å². The number of hydrogen-bond donors (Lipinski definition) is 4. The van der Waals surface area contributed by atoms with Gasteiger partial charge in [-0.2, -0.15) is 0 Å². The van der Waals surface area contributed by atoms with Crippen molar-refractivity contribution in [3.63, 3.8) is 0 Å². The summed E-state index contributed by atoms with van der Waals surface area (Å²) in [5.41, 5.74) is 6.75. The van der Waals surface area contributed by atoms with E-state index < -0.39 is 48.4 Å². The van der Waals surface area contributed by atoms with E-state index in [-0.39, 0.29) is 41.6 Å². The molecule has 11 nitrogen and oxygen atoms in total. The fourth-order valence-electron chi connectivity index (χ4n) is 5.24. The van der Waals surface area contributed by atoms with Crippen LogP contribution in [0, 0.1) is 11.8 Å². The number of nitrogens with two attached hydrogens (primary N) is 1. The highest BCUT2D eigenvalue weighted by atomic mass is 16.6. The lowest BCUT2D eigenvalue weighted by Gasteiger charge is -2.31. The van der Waals surface area contributed by atoms with E-state index in [1.165, 1.54) is 20.3 Å². The minimum absolute atomic E-state index is 0.176. The van der Waals surface area contributed by atoms with Gasteiger partial charge in [0.15, 0.2) is 17.7 Å². The predicted octanol–water partition coefficient (Wildman–Crippen LogP) is 2.41. The zero-order chi connectivity index (χ0) is 31.6. The number of methoxy groups -OCH3 is 2. The first-order valence-electron chi connectivity index (χ1n) is 14.0. The van der Waals surface area contributed by atoms with Crippen LogP contribution in [0.2, 0.25) is 0 Å². The molecule has 2 bridgehead atoms. The van der Waals surface area contributed by atoms with Gasteiger partial charge in [-0.25, -0.2) is 4.79 Å². The molecule has 11 heteroatoms. The van der Waals surface area contributed by atoms with Crippen molar-refractivity contribution < 1.29 is 38.5 Å². The molecule has 0 fully saturated rings. The Labute approximate surface area is 247 Å². The van der Waals surface area contributed by atoms with Gasteiger partial charge in [-0.1, -0.05) is 44.2 Å². The van der Waals surface area contributed by atoms with E-state index in [1.54, 1.807) is 38.2 Å². The van der Waals surface area contributed by atoms with E-state index in [9.17, 15) is 24.3 Å². The Morgan fingerprint density at radius 3 is 2.48 bits per heavy atom. The van der Waals surface area contributed by atoms with E-state index in [2.05, 4.69) is 17.2 Å². The Kier molecular flexibility index (Phi) is 13.4. The zero-order valence-electron chi connectivity index (χ0n) is 25.3. The molecule has 0 saturated carbocycles. The summed E-state index contributed by atoms with van der Waals surface area (Å²) in [4.78, 5) is 51.5. The van der Waals surface area contributed by atoms with Crippen molar-refractivity contribution in [1.29, 1.82) is 0 Å². The molecule has 1 aliphatic heterocycles.